The van der Waals surface area contributed by atoms with Crippen molar-refractivity contribution in [2.24, 2.45) is 5.41 Å². The van der Waals surface area contributed by atoms with E-state index in [2.05, 4.69) is 73.7 Å². The highest BCUT2D eigenvalue weighted by atomic mass is 16.5. The molecule has 0 spiro atoms. The minimum atomic E-state index is 0.136. The molecule has 0 aromatic heterocycles. The quantitative estimate of drug-likeness (QED) is 0.150. The minimum absolute atomic E-state index is 0.136. The van der Waals surface area contributed by atoms with Crippen molar-refractivity contribution in [3.05, 3.63) is 12.2 Å². The van der Waals surface area contributed by atoms with Crippen molar-refractivity contribution in [3.8, 4) is 0 Å². The molecule has 0 bridgehead atoms. The Morgan fingerprint density at radius 2 is 1.54 bits per heavy atom. The van der Waals surface area contributed by atoms with Gasteiger partial charge in [-0.05, 0) is 110 Å². The lowest BCUT2D eigenvalue weighted by molar-refractivity contribution is 0.0773. The Balaban J connectivity index is 2.36. The number of allylic oxidation sites excluding steroid dienone is 1. The van der Waals surface area contributed by atoms with E-state index in [1.165, 1.54) is 58.0 Å². The molecule has 6 nitrogen and oxygen atoms in total. The van der Waals surface area contributed by atoms with Crippen LogP contribution in [0, 0.1) is 10.8 Å². The summed E-state index contributed by atoms with van der Waals surface area (Å²) in [4.78, 5) is 7.72. The molecule has 1 aliphatic rings. The first-order chi connectivity index (χ1) is 17.7. The molecule has 1 aliphatic heterocycles. The van der Waals surface area contributed by atoms with Crippen LogP contribution in [0.15, 0.2) is 12.2 Å². The van der Waals surface area contributed by atoms with E-state index in [1.807, 2.05) is 0 Å². The molecule has 2 N–H and O–H groups in total. The van der Waals surface area contributed by atoms with Gasteiger partial charge in [-0.15, -0.1) is 0 Å². The fourth-order valence-corrected chi connectivity index (χ4v) is 4.99. The predicted molar refractivity (Wildman–Crippen MR) is 162 cm³/mol. The van der Waals surface area contributed by atoms with E-state index in [9.17, 15) is 0 Å². The monoisotopic (exact) mass is 522 g/mol. The van der Waals surface area contributed by atoms with Crippen LogP contribution in [-0.4, -0.2) is 105 Å². The van der Waals surface area contributed by atoms with Gasteiger partial charge < -0.3 is 30.2 Å². The second kappa shape index (κ2) is 20.2. The van der Waals surface area contributed by atoms with Crippen LogP contribution in [0.1, 0.15) is 92.9 Å². The lowest BCUT2D eigenvalue weighted by atomic mass is 9.88. The highest BCUT2D eigenvalue weighted by Crippen LogP contribution is 2.23. The Labute approximate surface area is 231 Å². The maximum absolute atomic E-state index is 7.33. The van der Waals surface area contributed by atoms with Gasteiger partial charge in [0.2, 0.25) is 0 Å². The van der Waals surface area contributed by atoms with Gasteiger partial charge in [-0.3, -0.25) is 0 Å². The minimum Gasteiger partial charge on any atom is -0.380 e. The molecule has 0 unspecified atom stereocenters. The number of hydrogen-bond donors (Lipinski definition) is 2. The van der Waals surface area contributed by atoms with Crippen molar-refractivity contribution in [2.75, 3.05) is 78.7 Å². The lowest BCUT2D eigenvalue weighted by Crippen LogP contribution is -2.46. The van der Waals surface area contributed by atoms with Gasteiger partial charge >= 0.3 is 0 Å². The molecule has 1 fully saturated rings. The molecule has 1 rings (SSSR count). The second-order valence-corrected chi connectivity index (χ2v) is 12.3. The molecule has 0 atom stereocenters. The molecule has 218 valence electrons. The van der Waals surface area contributed by atoms with E-state index in [-0.39, 0.29) is 11.0 Å². The number of ether oxygens (including phenoxy) is 1. The van der Waals surface area contributed by atoms with E-state index in [4.69, 9.17) is 10.1 Å². The first-order valence-electron chi connectivity index (χ1n) is 15.4. The fraction of sp³-hybridized carbons (Fsp3) is 0.903. The Kier molecular flexibility index (Phi) is 18.7. The fourth-order valence-electron chi connectivity index (χ4n) is 4.99. The third-order valence-electron chi connectivity index (χ3n) is 7.57. The van der Waals surface area contributed by atoms with Gasteiger partial charge in [0, 0.05) is 44.9 Å². The summed E-state index contributed by atoms with van der Waals surface area (Å²) in [5.74, 6) is 0. The summed E-state index contributed by atoms with van der Waals surface area (Å²) in [6, 6.07) is 0. The van der Waals surface area contributed by atoms with Gasteiger partial charge in [0.15, 0.2) is 0 Å². The van der Waals surface area contributed by atoms with Gasteiger partial charge in [0.1, 0.15) is 0 Å². The topological polar surface area (TPSA) is 54.8 Å². The van der Waals surface area contributed by atoms with Crippen molar-refractivity contribution >= 4 is 6.21 Å². The Bertz CT molecular complexity index is 584. The SMILES string of the molecule is CCCN(CC/C=C/C(C)(C)CCN1CCCCOCC1)CCNC(C)(C)CCN(CCC)CCC=N. The zero-order valence-corrected chi connectivity index (χ0v) is 25.6. The maximum Gasteiger partial charge on any atom is 0.0593 e. The van der Waals surface area contributed by atoms with Crippen molar-refractivity contribution in [1.82, 2.24) is 20.0 Å². The Morgan fingerprint density at radius 1 is 0.838 bits per heavy atom. The molecular weight excluding hydrogens is 458 g/mol. The van der Waals surface area contributed by atoms with Gasteiger partial charge in [-0.1, -0.05) is 39.8 Å². The molecule has 1 heterocycles. The third-order valence-corrected chi connectivity index (χ3v) is 7.57. The van der Waals surface area contributed by atoms with Crippen LogP contribution in [0.4, 0.5) is 0 Å². The van der Waals surface area contributed by atoms with Crippen LogP contribution < -0.4 is 5.32 Å². The molecule has 0 radical (unpaired) electrons. The molecule has 6 heteroatoms. The van der Waals surface area contributed by atoms with Gasteiger partial charge in [-0.2, -0.15) is 0 Å². The van der Waals surface area contributed by atoms with Gasteiger partial charge in [0.25, 0.3) is 0 Å². The number of rotatable bonds is 21. The van der Waals surface area contributed by atoms with Crippen LogP contribution in [0.3, 0.4) is 0 Å². The smallest absolute Gasteiger partial charge is 0.0593 e. The van der Waals surface area contributed by atoms with Gasteiger partial charge in [-0.25, -0.2) is 0 Å². The Hall–Kier alpha value is -0.790. The van der Waals surface area contributed by atoms with Crippen molar-refractivity contribution in [2.45, 2.75) is 98.4 Å². The summed E-state index contributed by atoms with van der Waals surface area (Å²) < 4.78 is 5.67. The average Bonchev–Trinajstić information content (AvgIpc) is 2.83. The van der Waals surface area contributed by atoms with E-state index in [1.54, 1.807) is 0 Å². The molecule has 0 aromatic carbocycles. The number of nitrogens with zero attached hydrogens (tertiary/aromatic N) is 3. The summed E-state index contributed by atoms with van der Waals surface area (Å²) >= 11 is 0. The van der Waals surface area contributed by atoms with Crippen LogP contribution >= 0.6 is 0 Å². The summed E-state index contributed by atoms with van der Waals surface area (Å²) in [7, 11) is 0. The number of nitrogens with one attached hydrogen (secondary N) is 2. The molecule has 1 saturated heterocycles. The molecule has 0 aliphatic carbocycles. The zero-order valence-electron chi connectivity index (χ0n) is 25.6. The summed E-state index contributed by atoms with van der Waals surface area (Å²) in [6.45, 7) is 27.0. The second-order valence-electron chi connectivity index (χ2n) is 12.3. The van der Waals surface area contributed by atoms with Crippen LogP contribution in [-0.2, 0) is 4.74 Å². The Morgan fingerprint density at radius 3 is 2.24 bits per heavy atom. The van der Waals surface area contributed by atoms with Crippen LogP contribution in [0.25, 0.3) is 0 Å². The molecular formula is C31H63N5O. The predicted octanol–water partition coefficient (Wildman–Crippen LogP) is 5.68. The van der Waals surface area contributed by atoms with Crippen molar-refractivity contribution in [1.29, 1.82) is 5.41 Å². The summed E-state index contributed by atoms with van der Waals surface area (Å²) in [5, 5.41) is 11.2. The summed E-state index contributed by atoms with van der Waals surface area (Å²) in [5.41, 5.74) is 0.381. The highest BCUT2D eigenvalue weighted by Gasteiger charge is 2.19. The van der Waals surface area contributed by atoms with Crippen molar-refractivity contribution in [3.63, 3.8) is 0 Å². The molecule has 0 saturated carbocycles. The summed E-state index contributed by atoms with van der Waals surface area (Å²) in [6.07, 6.45) is 15.6. The van der Waals surface area contributed by atoms with E-state index in [0.717, 1.165) is 78.3 Å². The largest absolute Gasteiger partial charge is 0.380 e. The molecule has 0 aromatic rings. The maximum atomic E-state index is 7.33. The molecule has 37 heavy (non-hydrogen) atoms. The van der Waals surface area contributed by atoms with Crippen molar-refractivity contribution < 1.29 is 4.74 Å². The first-order valence-corrected chi connectivity index (χ1v) is 15.4. The normalized spacial score (nSPS) is 16.5. The molecule has 0 amide bonds. The zero-order chi connectivity index (χ0) is 27.4. The van der Waals surface area contributed by atoms with Gasteiger partial charge in [0.05, 0.1) is 6.61 Å². The average molecular weight is 522 g/mol. The number of hydrogen-bond acceptors (Lipinski definition) is 6. The lowest BCUT2D eigenvalue weighted by Gasteiger charge is -2.31. The third kappa shape index (κ3) is 18.2. The standard InChI is InChI=1S/C31H63N5O/c1-7-19-34(23-13-17-32)25-16-31(5,6)33-18-26-35(20-8-2)21-10-9-14-30(3,4)15-24-36-22-11-12-28-37-29-27-36/h9,14,17,32-33H,7-8,10-13,15-16,18-29H2,1-6H3/b14-9+,32-17?. The highest BCUT2D eigenvalue weighted by molar-refractivity contribution is 5.52. The van der Waals surface area contributed by atoms with Crippen LogP contribution in [0.5, 0.6) is 0 Å². The van der Waals surface area contributed by atoms with E-state index < -0.39 is 0 Å². The first kappa shape index (κ1) is 34.2. The van der Waals surface area contributed by atoms with E-state index >= 15 is 0 Å². The van der Waals surface area contributed by atoms with Crippen LogP contribution in [0.2, 0.25) is 0 Å². The van der Waals surface area contributed by atoms with E-state index in [0.29, 0.717) is 0 Å².